The Hall–Kier alpha value is -2.12. The maximum Gasteiger partial charge on any atom is 0.125 e. The summed E-state index contributed by atoms with van der Waals surface area (Å²) in [5, 5.41) is 0. The summed E-state index contributed by atoms with van der Waals surface area (Å²) in [7, 11) is 0. The lowest BCUT2D eigenvalue weighted by Gasteiger charge is -2.31. The number of hydrogen-bond donors (Lipinski definition) is 0. The fourth-order valence-electron chi connectivity index (χ4n) is 3.95. The van der Waals surface area contributed by atoms with Crippen LogP contribution in [0.4, 0.5) is 0 Å². The van der Waals surface area contributed by atoms with Crippen molar-refractivity contribution in [2.24, 2.45) is 5.92 Å². The van der Waals surface area contributed by atoms with Gasteiger partial charge in [-0.3, -0.25) is 4.90 Å². The summed E-state index contributed by atoms with van der Waals surface area (Å²) in [6.07, 6.45) is 4.60. The number of hydrogen-bond acceptors (Lipinski definition) is 3. The first-order chi connectivity index (χ1) is 15.2. The molecule has 2 aromatic carbocycles. The molecule has 1 unspecified atom stereocenters. The van der Waals surface area contributed by atoms with Gasteiger partial charge in [-0.1, -0.05) is 79.4 Å². The molecule has 1 saturated heterocycles. The summed E-state index contributed by atoms with van der Waals surface area (Å²) < 4.78 is 11.8. The average molecular weight is 420 g/mol. The Morgan fingerprint density at radius 2 is 1.58 bits per heavy atom. The van der Waals surface area contributed by atoms with Crippen LogP contribution in [0, 0.1) is 17.8 Å². The minimum Gasteiger partial charge on any atom is -0.374 e. The van der Waals surface area contributed by atoms with Crippen LogP contribution in [0.25, 0.3) is 0 Å². The van der Waals surface area contributed by atoms with Crippen molar-refractivity contribution in [3.05, 3.63) is 71.8 Å². The fraction of sp³-hybridized carbons (Fsp3) is 0.500. The number of ether oxygens (including phenoxy) is 2. The van der Waals surface area contributed by atoms with E-state index in [-0.39, 0.29) is 0 Å². The van der Waals surface area contributed by atoms with Gasteiger partial charge in [0.15, 0.2) is 0 Å². The summed E-state index contributed by atoms with van der Waals surface area (Å²) >= 11 is 0. The molecule has 2 aromatic rings. The molecule has 0 N–H and O–H groups in total. The van der Waals surface area contributed by atoms with E-state index < -0.39 is 5.60 Å². The largest absolute Gasteiger partial charge is 0.374 e. The van der Waals surface area contributed by atoms with Crippen LogP contribution in [0.1, 0.15) is 44.2 Å². The average Bonchev–Trinajstić information content (AvgIpc) is 2.81. The highest BCUT2D eigenvalue weighted by Crippen LogP contribution is 2.21. The van der Waals surface area contributed by atoms with Gasteiger partial charge in [-0.25, -0.2) is 0 Å². The third-order valence-electron chi connectivity index (χ3n) is 6.16. The summed E-state index contributed by atoms with van der Waals surface area (Å²) in [5.41, 5.74) is 2.25. The summed E-state index contributed by atoms with van der Waals surface area (Å²) in [6, 6.07) is 21.1. The van der Waals surface area contributed by atoms with Gasteiger partial charge in [-0.2, -0.15) is 0 Å². The number of piperidine rings is 1. The summed E-state index contributed by atoms with van der Waals surface area (Å²) in [4.78, 5) is 2.48. The minimum absolute atomic E-state index is 0.401. The first-order valence-corrected chi connectivity index (χ1v) is 11.7. The van der Waals surface area contributed by atoms with Crippen LogP contribution in [0.3, 0.4) is 0 Å². The molecule has 1 aliphatic rings. The molecule has 3 rings (SSSR count). The topological polar surface area (TPSA) is 21.7 Å². The second-order valence-electron chi connectivity index (χ2n) is 8.68. The van der Waals surface area contributed by atoms with Crippen LogP contribution in [-0.4, -0.2) is 43.3 Å². The lowest BCUT2D eigenvalue weighted by atomic mass is 9.90. The standard InChI is InChI=1S/C28H37NO2/c1-3-28(2,31-22-21-30-24-27-13-8-5-9-14-27)17-10-18-29-19-15-26(16-20-29)23-25-11-6-4-7-12-25/h4-9,11-14,26H,3,15-16,18-24H2,1-2H3. The second-order valence-corrected chi connectivity index (χ2v) is 8.68. The lowest BCUT2D eigenvalue weighted by molar-refractivity contribution is -0.0281. The van der Waals surface area contributed by atoms with Crippen molar-refractivity contribution in [1.82, 2.24) is 4.90 Å². The first kappa shape index (κ1) is 23.5. The Morgan fingerprint density at radius 3 is 2.23 bits per heavy atom. The Labute approximate surface area is 188 Å². The van der Waals surface area contributed by atoms with E-state index in [9.17, 15) is 0 Å². The predicted octanol–water partition coefficient (Wildman–Crippen LogP) is 5.35. The number of benzene rings is 2. The van der Waals surface area contributed by atoms with E-state index in [1.165, 1.54) is 30.4 Å². The molecule has 0 aliphatic carbocycles. The highest BCUT2D eigenvalue weighted by Gasteiger charge is 2.21. The van der Waals surface area contributed by atoms with Crippen molar-refractivity contribution in [2.45, 2.75) is 51.7 Å². The smallest absolute Gasteiger partial charge is 0.125 e. The monoisotopic (exact) mass is 419 g/mol. The van der Waals surface area contributed by atoms with Gasteiger partial charge in [0.1, 0.15) is 5.60 Å². The van der Waals surface area contributed by atoms with Crippen LogP contribution >= 0.6 is 0 Å². The Morgan fingerprint density at radius 1 is 0.935 bits per heavy atom. The normalized spacial score (nSPS) is 17.0. The van der Waals surface area contributed by atoms with E-state index in [0.29, 0.717) is 19.8 Å². The van der Waals surface area contributed by atoms with Crippen LogP contribution < -0.4 is 0 Å². The molecule has 0 spiro atoms. The quantitative estimate of drug-likeness (QED) is 0.383. The molecular weight excluding hydrogens is 382 g/mol. The van der Waals surface area contributed by atoms with Gasteiger partial charge in [0.05, 0.1) is 26.4 Å². The van der Waals surface area contributed by atoms with Crippen molar-refractivity contribution in [3.63, 3.8) is 0 Å². The molecule has 1 heterocycles. The molecule has 166 valence electrons. The number of rotatable bonds is 10. The maximum atomic E-state index is 6.07. The zero-order valence-electron chi connectivity index (χ0n) is 19.2. The van der Waals surface area contributed by atoms with E-state index in [1.807, 2.05) is 18.2 Å². The van der Waals surface area contributed by atoms with E-state index in [2.05, 4.69) is 73.1 Å². The Bertz CT molecular complexity index is 803. The minimum atomic E-state index is -0.401. The van der Waals surface area contributed by atoms with Crippen molar-refractivity contribution in [1.29, 1.82) is 0 Å². The van der Waals surface area contributed by atoms with E-state index in [1.54, 1.807) is 0 Å². The van der Waals surface area contributed by atoms with E-state index in [4.69, 9.17) is 9.47 Å². The molecule has 0 bridgehead atoms. The molecular formula is C28H37NO2. The third kappa shape index (κ3) is 8.50. The molecule has 0 saturated carbocycles. The molecule has 0 aromatic heterocycles. The van der Waals surface area contributed by atoms with Gasteiger partial charge in [0.2, 0.25) is 0 Å². The number of nitrogens with zero attached hydrogens (tertiary/aromatic N) is 1. The first-order valence-electron chi connectivity index (χ1n) is 11.7. The second kappa shape index (κ2) is 12.7. The van der Waals surface area contributed by atoms with Gasteiger partial charge < -0.3 is 9.47 Å². The van der Waals surface area contributed by atoms with E-state index in [0.717, 1.165) is 32.0 Å². The molecule has 1 aliphatic heterocycles. The molecule has 1 atom stereocenters. The maximum absolute atomic E-state index is 6.07. The highest BCUT2D eigenvalue weighted by atomic mass is 16.5. The Kier molecular flexibility index (Phi) is 9.62. The van der Waals surface area contributed by atoms with Crippen LogP contribution in [0.5, 0.6) is 0 Å². The SMILES string of the molecule is CCC(C)(C#CCN1CCC(Cc2ccccc2)CC1)OCCOCc1ccccc1. The molecule has 3 heteroatoms. The van der Waals surface area contributed by atoms with Crippen molar-refractivity contribution in [2.75, 3.05) is 32.8 Å². The van der Waals surface area contributed by atoms with Gasteiger partial charge in [0.25, 0.3) is 0 Å². The van der Waals surface area contributed by atoms with Crippen LogP contribution in [0.15, 0.2) is 60.7 Å². The third-order valence-corrected chi connectivity index (χ3v) is 6.16. The van der Waals surface area contributed by atoms with Crippen LogP contribution in [0.2, 0.25) is 0 Å². The summed E-state index contributed by atoms with van der Waals surface area (Å²) in [5.74, 6) is 7.57. The van der Waals surface area contributed by atoms with Crippen molar-refractivity contribution < 1.29 is 9.47 Å². The molecule has 31 heavy (non-hydrogen) atoms. The fourth-order valence-corrected chi connectivity index (χ4v) is 3.95. The number of likely N-dealkylation sites (tertiary alicyclic amines) is 1. The molecule has 3 nitrogen and oxygen atoms in total. The Balaban J connectivity index is 1.33. The van der Waals surface area contributed by atoms with Gasteiger partial charge >= 0.3 is 0 Å². The van der Waals surface area contributed by atoms with Gasteiger partial charge in [-0.15, -0.1) is 0 Å². The van der Waals surface area contributed by atoms with Gasteiger partial charge in [0, 0.05) is 0 Å². The van der Waals surface area contributed by atoms with Crippen molar-refractivity contribution >= 4 is 0 Å². The molecule has 0 amide bonds. The van der Waals surface area contributed by atoms with Crippen LogP contribution in [-0.2, 0) is 22.5 Å². The lowest BCUT2D eigenvalue weighted by Crippen LogP contribution is -2.35. The zero-order chi connectivity index (χ0) is 21.8. The molecule has 1 fully saturated rings. The van der Waals surface area contributed by atoms with E-state index >= 15 is 0 Å². The van der Waals surface area contributed by atoms with Crippen molar-refractivity contribution in [3.8, 4) is 11.8 Å². The predicted molar refractivity (Wildman–Crippen MR) is 128 cm³/mol. The summed E-state index contributed by atoms with van der Waals surface area (Å²) in [6.45, 7) is 9.11. The zero-order valence-corrected chi connectivity index (χ0v) is 19.2. The highest BCUT2D eigenvalue weighted by molar-refractivity contribution is 5.16. The van der Waals surface area contributed by atoms with Gasteiger partial charge in [-0.05, 0) is 62.7 Å². The molecule has 0 radical (unpaired) electrons.